The molecule has 4 aliphatic rings. The molecule has 0 unspecified atom stereocenters. The van der Waals surface area contributed by atoms with Crippen LogP contribution in [-0.2, 0) is 23.3 Å². The molecule has 2 aliphatic carbocycles. The lowest BCUT2D eigenvalue weighted by molar-refractivity contribution is 0.177. The quantitative estimate of drug-likeness (QED) is 0.219. The summed E-state index contributed by atoms with van der Waals surface area (Å²) in [6.07, 6.45) is 14.4. The number of nitrogens with zero attached hydrogens (tertiary/aromatic N) is 1. The summed E-state index contributed by atoms with van der Waals surface area (Å²) in [5.74, 6) is 2.36. The van der Waals surface area contributed by atoms with E-state index in [1.807, 2.05) is 24.3 Å². The first-order chi connectivity index (χ1) is 23.1. The number of allylic oxidation sites excluding steroid dienone is 2. The molecule has 244 valence electrons. The molecule has 1 N–H and O–H groups in total. The number of halogens is 1. The maximum absolute atomic E-state index is 5.58. The predicted molar refractivity (Wildman–Crippen MR) is 196 cm³/mol. The lowest BCUT2D eigenvalue weighted by Crippen LogP contribution is -2.40. The largest absolute Gasteiger partial charge is 0.497 e. The molecule has 2 saturated heterocycles. The standard InChI is InChI=1S/C21H23NO.C13H15N.C8H9ClO/c1-23-19-8-6-17(7-9-19)16-22-14-12-21(13-15-22)11-10-18-4-2-3-5-20(18)21;1-2-4-12-11(3-1)5-6-13(12)7-9-14-10-8-13;1-10-8-4-2-7(6-9)3-5-8/h2-11H,12-16H2,1H3;1-6,14H,7-10H2;2-5H,6H2,1H3. The third-order valence-electron chi connectivity index (χ3n) is 10.3. The number of alkyl halides is 1. The van der Waals surface area contributed by atoms with Crippen molar-refractivity contribution in [2.24, 2.45) is 0 Å². The molecule has 0 saturated carbocycles. The van der Waals surface area contributed by atoms with Crippen LogP contribution in [0, 0.1) is 0 Å². The second-order valence-corrected chi connectivity index (χ2v) is 13.3. The molecule has 0 atom stereocenters. The predicted octanol–water partition coefficient (Wildman–Crippen LogP) is 9.02. The Hall–Kier alpha value is -3.83. The first kappa shape index (κ1) is 33.1. The highest BCUT2D eigenvalue weighted by atomic mass is 35.5. The van der Waals surface area contributed by atoms with E-state index in [9.17, 15) is 0 Å². The molecule has 4 aromatic rings. The van der Waals surface area contributed by atoms with E-state index in [4.69, 9.17) is 21.1 Å². The van der Waals surface area contributed by atoms with Gasteiger partial charge in [-0.05, 0) is 110 Å². The lowest BCUT2D eigenvalue weighted by atomic mass is 9.74. The van der Waals surface area contributed by atoms with Crippen molar-refractivity contribution in [1.82, 2.24) is 10.2 Å². The molecule has 0 bridgehead atoms. The maximum Gasteiger partial charge on any atom is 0.118 e. The first-order valence-electron chi connectivity index (χ1n) is 16.9. The van der Waals surface area contributed by atoms with Gasteiger partial charge < -0.3 is 14.8 Å². The van der Waals surface area contributed by atoms with Gasteiger partial charge in [-0.15, -0.1) is 11.6 Å². The van der Waals surface area contributed by atoms with Crippen molar-refractivity contribution in [3.05, 3.63) is 143 Å². The Morgan fingerprint density at radius 3 is 1.57 bits per heavy atom. The number of likely N-dealkylation sites (tertiary alicyclic amines) is 1. The maximum atomic E-state index is 5.58. The normalized spacial score (nSPS) is 18.0. The van der Waals surface area contributed by atoms with E-state index >= 15 is 0 Å². The van der Waals surface area contributed by atoms with Gasteiger partial charge in [0, 0.05) is 23.3 Å². The van der Waals surface area contributed by atoms with Crippen molar-refractivity contribution < 1.29 is 9.47 Å². The molecule has 47 heavy (non-hydrogen) atoms. The van der Waals surface area contributed by atoms with Crippen molar-refractivity contribution in [1.29, 1.82) is 0 Å². The second kappa shape index (κ2) is 15.4. The van der Waals surface area contributed by atoms with Crippen LogP contribution >= 0.6 is 11.6 Å². The van der Waals surface area contributed by atoms with Crippen LogP contribution in [0.25, 0.3) is 12.2 Å². The minimum atomic E-state index is 0.285. The molecule has 2 heterocycles. The highest BCUT2D eigenvalue weighted by Gasteiger charge is 2.38. The summed E-state index contributed by atoms with van der Waals surface area (Å²) in [5.41, 5.74) is 9.04. The van der Waals surface area contributed by atoms with E-state index in [0.29, 0.717) is 11.3 Å². The van der Waals surface area contributed by atoms with Gasteiger partial charge in [0.05, 0.1) is 14.2 Å². The van der Waals surface area contributed by atoms with E-state index in [2.05, 4.69) is 107 Å². The van der Waals surface area contributed by atoms with Gasteiger partial charge in [0.2, 0.25) is 0 Å². The molecule has 4 aromatic carbocycles. The number of ether oxygens (including phenoxy) is 2. The highest BCUT2D eigenvalue weighted by Crippen LogP contribution is 2.44. The molecule has 2 spiro atoms. The second-order valence-electron chi connectivity index (χ2n) is 13.0. The van der Waals surface area contributed by atoms with Crippen molar-refractivity contribution in [2.45, 2.75) is 48.9 Å². The summed E-state index contributed by atoms with van der Waals surface area (Å²) in [5, 5.41) is 3.43. The van der Waals surface area contributed by atoms with Gasteiger partial charge in [0.25, 0.3) is 0 Å². The smallest absolute Gasteiger partial charge is 0.118 e. The summed E-state index contributed by atoms with van der Waals surface area (Å²) in [6.45, 7) is 5.65. The number of hydrogen-bond acceptors (Lipinski definition) is 4. The Bertz CT molecular complexity index is 1620. The van der Waals surface area contributed by atoms with Gasteiger partial charge in [-0.3, -0.25) is 4.90 Å². The molecule has 4 nitrogen and oxygen atoms in total. The van der Waals surface area contributed by atoms with Crippen LogP contribution < -0.4 is 14.8 Å². The molecule has 5 heteroatoms. The Labute approximate surface area is 286 Å². The number of rotatable bonds is 5. The fraction of sp³-hybridized carbons (Fsp3) is 0.333. The third kappa shape index (κ3) is 7.67. The Kier molecular flexibility index (Phi) is 10.8. The van der Waals surface area contributed by atoms with Crippen LogP contribution in [0.15, 0.2) is 109 Å². The summed E-state index contributed by atoms with van der Waals surface area (Å²) >= 11 is 5.58. The van der Waals surface area contributed by atoms with E-state index < -0.39 is 0 Å². The number of piperidine rings is 2. The summed E-state index contributed by atoms with van der Waals surface area (Å²) in [6, 6.07) is 33.8. The van der Waals surface area contributed by atoms with Gasteiger partial charge in [0.1, 0.15) is 11.5 Å². The average molecular weight is 647 g/mol. The SMILES string of the molecule is C1=CC2(CCNCC2)c2ccccc21.COc1ccc(CCl)cc1.COc1ccc(CN2CCC3(C=Cc4ccccc43)CC2)cc1. The van der Waals surface area contributed by atoms with Crippen molar-refractivity contribution in [3.63, 3.8) is 0 Å². The van der Waals surface area contributed by atoms with Crippen molar-refractivity contribution in [2.75, 3.05) is 40.4 Å². The molecular formula is C42H47ClN2O2. The number of benzene rings is 4. The number of methoxy groups -OCH3 is 2. The first-order valence-corrected chi connectivity index (χ1v) is 17.4. The van der Waals surface area contributed by atoms with Gasteiger partial charge in [-0.25, -0.2) is 0 Å². The van der Waals surface area contributed by atoms with Crippen molar-refractivity contribution >= 4 is 23.8 Å². The molecular weight excluding hydrogens is 600 g/mol. The zero-order valence-electron chi connectivity index (χ0n) is 27.8. The van der Waals surface area contributed by atoms with Crippen LogP contribution in [0.2, 0.25) is 0 Å². The Balaban J connectivity index is 0.000000137. The molecule has 2 fully saturated rings. The lowest BCUT2D eigenvalue weighted by Gasteiger charge is -2.39. The van der Waals surface area contributed by atoms with Crippen molar-refractivity contribution in [3.8, 4) is 11.5 Å². The van der Waals surface area contributed by atoms with E-state index in [1.165, 1.54) is 47.9 Å². The topological polar surface area (TPSA) is 33.7 Å². The average Bonchev–Trinajstić information content (AvgIpc) is 3.68. The van der Waals surface area contributed by atoms with Gasteiger partial charge in [0.15, 0.2) is 0 Å². The number of nitrogens with one attached hydrogen (secondary N) is 1. The summed E-state index contributed by atoms with van der Waals surface area (Å²) < 4.78 is 10.2. The fourth-order valence-electron chi connectivity index (χ4n) is 7.43. The van der Waals surface area contributed by atoms with Gasteiger partial charge in [-0.1, -0.05) is 97.1 Å². The summed E-state index contributed by atoms with van der Waals surface area (Å²) in [7, 11) is 3.36. The Morgan fingerprint density at radius 1 is 0.617 bits per heavy atom. The van der Waals surface area contributed by atoms with E-state index in [-0.39, 0.29) is 5.41 Å². The van der Waals surface area contributed by atoms with Gasteiger partial charge >= 0.3 is 0 Å². The minimum Gasteiger partial charge on any atom is -0.497 e. The zero-order chi connectivity index (χ0) is 32.5. The monoisotopic (exact) mass is 646 g/mol. The molecule has 0 radical (unpaired) electrons. The van der Waals surface area contributed by atoms with Crippen LogP contribution in [0.1, 0.15) is 59.1 Å². The molecule has 2 aliphatic heterocycles. The Morgan fingerprint density at radius 2 is 1.09 bits per heavy atom. The van der Waals surface area contributed by atoms with E-state index in [0.717, 1.165) is 49.8 Å². The number of fused-ring (bicyclic) bond motifs is 4. The van der Waals surface area contributed by atoms with Crippen LogP contribution in [0.5, 0.6) is 11.5 Å². The number of hydrogen-bond donors (Lipinski definition) is 1. The highest BCUT2D eigenvalue weighted by molar-refractivity contribution is 6.17. The third-order valence-corrected chi connectivity index (χ3v) is 10.6. The molecule has 0 aromatic heterocycles. The fourth-order valence-corrected chi connectivity index (χ4v) is 7.61. The molecule has 8 rings (SSSR count). The minimum absolute atomic E-state index is 0.285. The molecule has 0 amide bonds. The van der Waals surface area contributed by atoms with Gasteiger partial charge in [-0.2, -0.15) is 0 Å². The van der Waals surface area contributed by atoms with E-state index in [1.54, 1.807) is 19.8 Å². The van der Waals surface area contributed by atoms with Crippen LogP contribution in [0.3, 0.4) is 0 Å². The van der Waals surface area contributed by atoms with Crippen LogP contribution in [-0.4, -0.2) is 45.3 Å². The summed E-state index contributed by atoms with van der Waals surface area (Å²) in [4.78, 5) is 2.57. The van der Waals surface area contributed by atoms with Crippen LogP contribution in [0.4, 0.5) is 0 Å². The zero-order valence-corrected chi connectivity index (χ0v) is 28.5.